The molecule has 3 heteroatoms. The number of rotatable bonds is 4. The highest BCUT2D eigenvalue weighted by atomic mass is 16.2. The van der Waals surface area contributed by atoms with E-state index in [4.69, 9.17) is 0 Å². The van der Waals surface area contributed by atoms with Crippen molar-refractivity contribution in [2.45, 2.75) is 71.3 Å². The zero-order valence-corrected chi connectivity index (χ0v) is 13.4. The van der Waals surface area contributed by atoms with Crippen molar-refractivity contribution in [1.82, 2.24) is 10.2 Å². The predicted octanol–water partition coefficient (Wildman–Crippen LogP) is 3.19. The summed E-state index contributed by atoms with van der Waals surface area (Å²) in [4.78, 5) is 15.0. The molecule has 1 aliphatic carbocycles. The minimum Gasteiger partial charge on any atom is -0.340 e. The molecular formula is C17H32N2O. The number of carbonyl (C=O) groups is 1. The topological polar surface area (TPSA) is 32.3 Å². The number of hydrogen-bond donors (Lipinski definition) is 1. The van der Waals surface area contributed by atoms with Gasteiger partial charge in [0.15, 0.2) is 0 Å². The lowest BCUT2D eigenvalue weighted by Crippen LogP contribution is -2.46. The number of amides is 1. The summed E-state index contributed by atoms with van der Waals surface area (Å²) in [6.07, 6.45) is 9.88. The van der Waals surface area contributed by atoms with E-state index in [0.717, 1.165) is 32.5 Å². The van der Waals surface area contributed by atoms with Gasteiger partial charge in [0.1, 0.15) is 0 Å². The fourth-order valence-corrected chi connectivity index (χ4v) is 3.67. The third kappa shape index (κ3) is 4.47. The molecule has 1 saturated heterocycles. The summed E-state index contributed by atoms with van der Waals surface area (Å²) in [6.45, 7) is 7.53. The van der Waals surface area contributed by atoms with Crippen molar-refractivity contribution in [2.75, 3.05) is 19.6 Å². The molecule has 0 bridgehead atoms. The lowest BCUT2D eigenvalue weighted by molar-refractivity contribution is -0.138. The SMILES string of the molecule is CC(C)N(CC1CCCNC1)C(=O)C1CCCCCC1. The van der Waals surface area contributed by atoms with Crippen molar-refractivity contribution < 1.29 is 4.79 Å². The molecule has 2 rings (SSSR count). The molecule has 0 radical (unpaired) electrons. The Labute approximate surface area is 124 Å². The van der Waals surface area contributed by atoms with Gasteiger partial charge < -0.3 is 10.2 Å². The van der Waals surface area contributed by atoms with E-state index < -0.39 is 0 Å². The quantitative estimate of drug-likeness (QED) is 0.802. The molecule has 1 saturated carbocycles. The van der Waals surface area contributed by atoms with Crippen LogP contribution in [0.5, 0.6) is 0 Å². The van der Waals surface area contributed by atoms with E-state index in [1.54, 1.807) is 0 Å². The summed E-state index contributed by atoms with van der Waals surface area (Å²) in [7, 11) is 0. The molecule has 20 heavy (non-hydrogen) atoms. The second-order valence-electron chi connectivity index (χ2n) is 6.99. The van der Waals surface area contributed by atoms with E-state index in [9.17, 15) is 4.79 Å². The zero-order chi connectivity index (χ0) is 14.4. The van der Waals surface area contributed by atoms with Crippen LogP contribution < -0.4 is 5.32 Å². The van der Waals surface area contributed by atoms with Crippen molar-refractivity contribution >= 4 is 5.91 Å². The average molecular weight is 280 g/mol. The standard InChI is InChI=1S/C17H32N2O/c1-14(2)19(13-15-8-7-11-18-12-15)17(20)16-9-5-3-4-6-10-16/h14-16,18H,3-13H2,1-2H3. The summed E-state index contributed by atoms with van der Waals surface area (Å²) in [5, 5.41) is 3.47. The molecule has 0 aromatic carbocycles. The number of piperidine rings is 1. The Bertz CT molecular complexity index is 289. The Balaban J connectivity index is 1.93. The van der Waals surface area contributed by atoms with Crippen LogP contribution in [0.2, 0.25) is 0 Å². The fraction of sp³-hybridized carbons (Fsp3) is 0.941. The molecule has 1 amide bonds. The van der Waals surface area contributed by atoms with E-state index in [2.05, 4.69) is 24.1 Å². The third-order valence-corrected chi connectivity index (χ3v) is 4.96. The van der Waals surface area contributed by atoms with E-state index in [0.29, 0.717) is 23.8 Å². The highest BCUT2D eigenvalue weighted by molar-refractivity contribution is 5.79. The van der Waals surface area contributed by atoms with Crippen LogP contribution >= 0.6 is 0 Å². The molecular weight excluding hydrogens is 248 g/mol. The van der Waals surface area contributed by atoms with Gasteiger partial charge >= 0.3 is 0 Å². The van der Waals surface area contributed by atoms with Gasteiger partial charge in [0.25, 0.3) is 0 Å². The molecule has 2 aliphatic rings. The maximum Gasteiger partial charge on any atom is 0.225 e. The van der Waals surface area contributed by atoms with Crippen LogP contribution in [0, 0.1) is 11.8 Å². The van der Waals surface area contributed by atoms with Gasteiger partial charge in [-0.3, -0.25) is 4.79 Å². The first-order chi connectivity index (χ1) is 9.68. The molecule has 1 atom stereocenters. The van der Waals surface area contributed by atoms with Gasteiger partial charge in [-0.1, -0.05) is 25.7 Å². The highest BCUT2D eigenvalue weighted by Crippen LogP contribution is 2.26. The first kappa shape index (κ1) is 15.8. The van der Waals surface area contributed by atoms with Crippen molar-refractivity contribution in [3.63, 3.8) is 0 Å². The Kier molecular flexibility index (Phi) is 6.34. The van der Waals surface area contributed by atoms with E-state index in [1.165, 1.54) is 38.5 Å². The molecule has 0 aromatic heterocycles. The summed E-state index contributed by atoms with van der Waals surface area (Å²) in [5.74, 6) is 1.39. The van der Waals surface area contributed by atoms with Crippen LogP contribution in [0.1, 0.15) is 65.2 Å². The summed E-state index contributed by atoms with van der Waals surface area (Å²) in [6, 6.07) is 0.340. The molecule has 1 N–H and O–H groups in total. The van der Waals surface area contributed by atoms with Crippen molar-refractivity contribution in [1.29, 1.82) is 0 Å². The molecule has 0 spiro atoms. The van der Waals surface area contributed by atoms with Gasteiger partial charge in [0.05, 0.1) is 0 Å². The smallest absolute Gasteiger partial charge is 0.225 e. The summed E-state index contributed by atoms with van der Waals surface area (Å²) < 4.78 is 0. The highest BCUT2D eigenvalue weighted by Gasteiger charge is 2.28. The van der Waals surface area contributed by atoms with Crippen LogP contribution in [0.3, 0.4) is 0 Å². The number of carbonyl (C=O) groups excluding carboxylic acids is 1. The zero-order valence-electron chi connectivity index (χ0n) is 13.4. The van der Waals surface area contributed by atoms with E-state index >= 15 is 0 Å². The molecule has 1 unspecified atom stereocenters. The third-order valence-electron chi connectivity index (χ3n) is 4.96. The lowest BCUT2D eigenvalue weighted by atomic mass is 9.95. The Morgan fingerprint density at radius 1 is 1.10 bits per heavy atom. The second kappa shape index (κ2) is 8.02. The van der Waals surface area contributed by atoms with Crippen molar-refractivity contribution in [2.24, 2.45) is 11.8 Å². The van der Waals surface area contributed by atoms with Crippen molar-refractivity contribution in [3.8, 4) is 0 Å². The van der Waals surface area contributed by atoms with Gasteiger partial charge in [-0.05, 0) is 58.5 Å². The normalized spacial score (nSPS) is 25.4. The van der Waals surface area contributed by atoms with Crippen LogP contribution in [0.15, 0.2) is 0 Å². The van der Waals surface area contributed by atoms with Gasteiger partial charge in [-0.2, -0.15) is 0 Å². The molecule has 0 aromatic rings. The summed E-state index contributed by atoms with van der Waals surface area (Å²) >= 11 is 0. The van der Waals surface area contributed by atoms with Gasteiger partial charge in [-0.25, -0.2) is 0 Å². The largest absolute Gasteiger partial charge is 0.340 e. The molecule has 1 aliphatic heterocycles. The van der Waals surface area contributed by atoms with Crippen LogP contribution in [0.25, 0.3) is 0 Å². The van der Waals surface area contributed by atoms with Crippen LogP contribution in [-0.4, -0.2) is 36.5 Å². The maximum atomic E-state index is 12.9. The van der Waals surface area contributed by atoms with Crippen molar-refractivity contribution in [3.05, 3.63) is 0 Å². The first-order valence-electron chi connectivity index (χ1n) is 8.69. The Hall–Kier alpha value is -0.570. The summed E-state index contributed by atoms with van der Waals surface area (Å²) in [5.41, 5.74) is 0. The number of nitrogens with zero attached hydrogens (tertiary/aromatic N) is 1. The molecule has 116 valence electrons. The molecule has 1 heterocycles. The second-order valence-corrected chi connectivity index (χ2v) is 6.99. The monoisotopic (exact) mass is 280 g/mol. The molecule has 3 nitrogen and oxygen atoms in total. The number of hydrogen-bond acceptors (Lipinski definition) is 2. The fourth-order valence-electron chi connectivity index (χ4n) is 3.67. The Morgan fingerprint density at radius 2 is 1.80 bits per heavy atom. The molecule has 2 fully saturated rings. The lowest BCUT2D eigenvalue weighted by Gasteiger charge is -2.35. The van der Waals surface area contributed by atoms with E-state index in [1.807, 2.05) is 0 Å². The van der Waals surface area contributed by atoms with Crippen LogP contribution in [0.4, 0.5) is 0 Å². The Morgan fingerprint density at radius 3 is 2.35 bits per heavy atom. The van der Waals surface area contributed by atoms with Gasteiger partial charge in [-0.15, -0.1) is 0 Å². The minimum atomic E-state index is 0.302. The van der Waals surface area contributed by atoms with Crippen LogP contribution in [-0.2, 0) is 4.79 Å². The van der Waals surface area contributed by atoms with Gasteiger partial charge in [0.2, 0.25) is 5.91 Å². The van der Waals surface area contributed by atoms with Gasteiger partial charge in [0, 0.05) is 18.5 Å². The number of nitrogens with one attached hydrogen (secondary N) is 1. The maximum absolute atomic E-state index is 12.9. The first-order valence-corrected chi connectivity index (χ1v) is 8.69. The van der Waals surface area contributed by atoms with E-state index in [-0.39, 0.29) is 0 Å². The minimum absolute atomic E-state index is 0.302. The predicted molar refractivity (Wildman–Crippen MR) is 83.6 cm³/mol. The average Bonchev–Trinajstić information content (AvgIpc) is 2.74.